The zero-order valence-electron chi connectivity index (χ0n) is 13.3. The Morgan fingerprint density at radius 3 is 2.43 bits per heavy atom. The van der Waals surface area contributed by atoms with Crippen molar-refractivity contribution in [3.63, 3.8) is 0 Å². The molecule has 5 nitrogen and oxygen atoms in total. The number of anilines is 1. The minimum Gasteiger partial charge on any atom is -0.395 e. The number of nitro benzene ring substituents is 1. The Bertz CT molecular complexity index is 738. The molecule has 1 N–H and O–H groups in total. The highest BCUT2D eigenvalue weighted by molar-refractivity contribution is 5.74. The number of aliphatic hydroxyl groups is 1. The van der Waals surface area contributed by atoms with Crippen LogP contribution in [-0.2, 0) is 5.41 Å². The van der Waals surface area contributed by atoms with Crippen molar-refractivity contribution < 1.29 is 10.0 Å². The SMILES string of the molecule is CC1(C)CN(CCO)c2cc(-c3ccc([N+](=O)[O-])cc3)ccc21. The van der Waals surface area contributed by atoms with Gasteiger partial charge in [-0.3, -0.25) is 10.1 Å². The molecule has 5 heteroatoms. The number of hydrogen-bond donors (Lipinski definition) is 1. The van der Waals surface area contributed by atoms with Crippen LogP contribution in [0, 0.1) is 10.1 Å². The fourth-order valence-electron chi connectivity index (χ4n) is 3.29. The molecule has 23 heavy (non-hydrogen) atoms. The summed E-state index contributed by atoms with van der Waals surface area (Å²) in [7, 11) is 0. The summed E-state index contributed by atoms with van der Waals surface area (Å²) < 4.78 is 0. The van der Waals surface area contributed by atoms with E-state index in [0.717, 1.165) is 23.4 Å². The quantitative estimate of drug-likeness (QED) is 0.694. The number of benzene rings is 2. The van der Waals surface area contributed by atoms with Gasteiger partial charge in [0.2, 0.25) is 0 Å². The largest absolute Gasteiger partial charge is 0.395 e. The van der Waals surface area contributed by atoms with E-state index in [4.69, 9.17) is 0 Å². The lowest BCUT2D eigenvalue weighted by Crippen LogP contribution is -2.30. The molecule has 0 unspecified atom stereocenters. The van der Waals surface area contributed by atoms with Gasteiger partial charge in [0.15, 0.2) is 0 Å². The standard InChI is InChI=1S/C18H20N2O3/c1-18(2)12-19(9-10-21)17-11-14(5-8-16(17)18)13-3-6-15(7-4-13)20(22)23/h3-8,11,21H,9-10,12H2,1-2H3. The maximum atomic E-state index is 10.8. The molecular formula is C18H20N2O3. The van der Waals surface area contributed by atoms with Crippen LogP contribution in [0.4, 0.5) is 11.4 Å². The van der Waals surface area contributed by atoms with Crippen molar-refractivity contribution in [1.29, 1.82) is 0 Å². The van der Waals surface area contributed by atoms with Gasteiger partial charge < -0.3 is 10.0 Å². The molecule has 0 radical (unpaired) electrons. The fraction of sp³-hybridized carbons (Fsp3) is 0.333. The molecule has 0 amide bonds. The van der Waals surface area contributed by atoms with Crippen molar-refractivity contribution >= 4 is 11.4 Å². The number of nitrogens with zero attached hydrogens (tertiary/aromatic N) is 2. The van der Waals surface area contributed by atoms with E-state index < -0.39 is 4.92 Å². The fourth-order valence-corrected chi connectivity index (χ4v) is 3.29. The molecule has 2 aromatic rings. The Balaban J connectivity index is 2.00. The lowest BCUT2D eigenvalue weighted by atomic mass is 9.86. The first-order chi connectivity index (χ1) is 10.9. The van der Waals surface area contributed by atoms with Crippen molar-refractivity contribution in [2.75, 3.05) is 24.6 Å². The third kappa shape index (κ3) is 2.80. The number of fused-ring (bicyclic) bond motifs is 1. The summed E-state index contributed by atoms with van der Waals surface area (Å²) in [5, 5.41) is 20.0. The Hall–Kier alpha value is -2.40. The van der Waals surface area contributed by atoms with E-state index in [0.29, 0.717) is 6.54 Å². The predicted molar refractivity (Wildman–Crippen MR) is 90.9 cm³/mol. The number of rotatable bonds is 4. The molecule has 1 heterocycles. The van der Waals surface area contributed by atoms with Crippen LogP contribution in [0.1, 0.15) is 19.4 Å². The van der Waals surface area contributed by atoms with Crippen molar-refractivity contribution in [3.05, 3.63) is 58.1 Å². The lowest BCUT2D eigenvalue weighted by Gasteiger charge is -2.21. The van der Waals surface area contributed by atoms with Gasteiger partial charge in [-0.2, -0.15) is 0 Å². The van der Waals surface area contributed by atoms with Gasteiger partial charge in [0.25, 0.3) is 5.69 Å². The summed E-state index contributed by atoms with van der Waals surface area (Å²) >= 11 is 0. The number of aliphatic hydroxyl groups excluding tert-OH is 1. The average Bonchev–Trinajstić information content (AvgIpc) is 2.78. The minimum atomic E-state index is -0.391. The first kappa shape index (κ1) is 15.5. The van der Waals surface area contributed by atoms with Crippen LogP contribution in [0.25, 0.3) is 11.1 Å². The second-order valence-electron chi connectivity index (χ2n) is 6.56. The smallest absolute Gasteiger partial charge is 0.269 e. The van der Waals surface area contributed by atoms with Gasteiger partial charge in [-0.05, 0) is 34.9 Å². The summed E-state index contributed by atoms with van der Waals surface area (Å²) in [4.78, 5) is 12.6. The van der Waals surface area contributed by atoms with E-state index in [1.807, 2.05) is 0 Å². The summed E-state index contributed by atoms with van der Waals surface area (Å²) in [6.45, 7) is 6.02. The molecular weight excluding hydrogens is 292 g/mol. The van der Waals surface area contributed by atoms with Crippen LogP contribution in [0.15, 0.2) is 42.5 Å². The summed E-state index contributed by atoms with van der Waals surface area (Å²) in [6.07, 6.45) is 0. The number of β-amino-alcohol motifs (C(OH)–C–C–N with tert-alkyl or cyclic N) is 1. The highest BCUT2D eigenvalue weighted by atomic mass is 16.6. The van der Waals surface area contributed by atoms with Gasteiger partial charge in [0.1, 0.15) is 0 Å². The molecule has 3 rings (SSSR count). The van der Waals surface area contributed by atoms with Crippen molar-refractivity contribution in [2.45, 2.75) is 19.3 Å². The Morgan fingerprint density at radius 1 is 1.17 bits per heavy atom. The first-order valence-corrected chi connectivity index (χ1v) is 7.67. The average molecular weight is 312 g/mol. The molecule has 0 aromatic heterocycles. The molecule has 0 saturated heterocycles. The zero-order chi connectivity index (χ0) is 16.6. The monoisotopic (exact) mass is 312 g/mol. The second kappa shape index (κ2) is 5.66. The van der Waals surface area contributed by atoms with E-state index >= 15 is 0 Å². The summed E-state index contributed by atoms with van der Waals surface area (Å²) in [6, 6.07) is 12.9. The highest BCUT2D eigenvalue weighted by Gasteiger charge is 2.34. The third-order valence-corrected chi connectivity index (χ3v) is 4.44. The van der Waals surface area contributed by atoms with Crippen LogP contribution < -0.4 is 4.90 Å². The van der Waals surface area contributed by atoms with Crippen LogP contribution >= 0.6 is 0 Å². The van der Waals surface area contributed by atoms with Gasteiger partial charge >= 0.3 is 0 Å². The summed E-state index contributed by atoms with van der Waals surface area (Å²) in [5.74, 6) is 0. The molecule has 120 valence electrons. The van der Waals surface area contributed by atoms with Crippen LogP contribution in [0.5, 0.6) is 0 Å². The molecule has 1 aliphatic heterocycles. The Kier molecular flexibility index (Phi) is 3.82. The van der Waals surface area contributed by atoms with E-state index in [-0.39, 0.29) is 17.7 Å². The Labute approximate surface area is 135 Å². The van der Waals surface area contributed by atoms with Gasteiger partial charge in [0, 0.05) is 36.3 Å². The number of non-ortho nitro benzene ring substituents is 1. The Morgan fingerprint density at radius 2 is 1.83 bits per heavy atom. The maximum absolute atomic E-state index is 10.8. The topological polar surface area (TPSA) is 66.6 Å². The molecule has 0 spiro atoms. The second-order valence-corrected chi connectivity index (χ2v) is 6.56. The molecule has 0 aliphatic carbocycles. The van der Waals surface area contributed by atoms with Gasteiger partial charge in [0.05, 0.1) is 11.5 Å². The van der Waals surface area contributed by atoms with Crippen molar-refractivity contribution in [3.8, 4) is 11.1 Å². The summed E-state index contributed by atoms with van der Waals surface area (Å²) in [5.41, 5.74) is 4.54. The van der Waals surface area contributed by atoms with Crippen LogP contribution in [0.3, 0.4) is 0 Å². The number of nitro groups is 1. The highest BCUT2D eigenvalue weighted by Crippen LogP contribution is 2.42. The first-order valence-electron chi connectivity index (χ1n) is 7.67. The third-order valence-electron chi connectivity index (χ3n) is 4.44. The predicted octanol–water partition coefficient (Wildman–Crippen LogP) is 3.35. The normalized spacial score (nSPS) is 15.5. The van der Waals surface area contributed by atoms with Crippen molar-refractivity contribution in [2.24, 2.45) is 0 Å². The van der Waals surface area contributed by atoms with Crippen LogP contribution in [0.2, 0.25) is 0 Å². The molecule has 0 atom stereocenters. The molecule has 2 aromatic carbocycles. The van der Waals surface area contributed by atoms with Crippen LogP contribution in [-0.4, -0.2) is 29.7 Å². The van der Waals surface area contributed by atoms with Crippen molar-refractivity contribution in [1.82, 2.24) is 0 Å². The molecule has 0 bridgehead atoms. The number of hydrogen-bond acceptors (Lipinski definition) is 4. The molecule has 1 aliphatic rings. The zero-order valence-corrected chi connectivity index (χ0v) is 13.3. The minimum absolute atomic E-state index is 0.0541. The lowest BCUT2D eigenvalue weighted by molar-refractivity contribution is -0.384. The van der Waals surface area contributed by atoms with Gasteiger partial charge in [-0.15, -0.1) is 0 Å². The molecule has 0 saturated carbocycles. The van der Waals surface area contributed by atoms with E-state index in [1.165, 1.54) is 17.7 Å². The van der Waals surface area contributed by atoms with Gasteiger partial charge in [-0.25, -0.2) is 0 Å². The van der Waals surface area contributed by atoms with E-state index in [1.54, 1.807) is 12.1 Å². The van der Waals surface area contributed by atoms with E-state index in [9.17, 15) is 15.2 Å². The van der Waals surface area contributed by atoms with E-state index in [2.05, 4.69) is 36.9 Å². The molecule has 0 fully saturated rings. The maximum Gasteiger partial charge on any atom is 0.269 e. The van der Waals surface area contributed by atoms with Gasteiger partial charge in [-0.1, -0.05) is 26.0 Å².